The zero-order chi connectivity index (χ0) is 12.5. The van der Waals surface area contributed by atoms with Crippen LogP contribution in [0.3, 0.4) is 0 Å². The molecule has 0 radical (unpaired) electrons. The van der Waals surface area contributed by atoms with E-state index in [4.69, 9.17) is 11.6 Å². The molecule has 1 aromatic heterocycles. The van der Waals surface area contributed by atoms with Crippen LogP contribution in [-0.4, -0.2) is 29.9 Å². The second kappa shape index (κ2) is 4.29. The number of halogens is 4. The molecular formula is C9H8ClF3N2O. The molecule has 0 saturated carbocycles. The number of hydrogen-bond donors (Lipinski definition) is 0. The predicted octanol–water partition coefficient (Wildman–Crippen LogP) is 2.46. The molecule has 1 heterocycles. The van der Waals surface area contributed by atoms with E-state index in [0.717, 1.165) is 17.0 Å². The largest absolute Gasteiger partial charge is 0.418 e. The van der Waals surface area contributed by atoms with Gasteiger partial charge in [-0.15, -0.1) is 0 Å². The molecule has 0 unspecified atom stereocenters. The Morgan fingerprint density at radius 3 is 2.38 bits per heavy atom. The molecule has 0 bridgehead atoms. The highest BCUT2D eigenvalue weighted by Gasteiger charge is 2.36. The molecule has 1 amide bonds. The van der Waals surface area contributed by atoms with Crippen molar-refractivity contribution in [2.75, 3.05) is 14.1 Å². The average molecular weight is 253 g/mol. The first-order valence-corrected chi connectivity index (χ1v) is 4.56. The third kappa shape index (κ3) is 2.63. The third-order valence-corrected chi connectivity index (χ3v) is 1.99. The molecule has 0 fully saturated rings. The Balaban J connectivity index is 3.35. The molecule has 88 valence electrons. The van der Waals surface area contributed by atoms with Gasteiger partial charge in [0.15, 0.2) is 0 Å². The van der Waals surface area contributed by atoms with Crippen molar-refractivity contribution in [1.29, 1.82) is 0 Å². The molecule has 0 spiro atoms. The first-order chi connectivity index (χ1) is 7.23. The van der Waals surface area contributed by atoms with Gasteiger partial charge >= 0.3 is 6.18 Å². The first kappa shape index (κ1) is 12.8. The fraction of sp³-hybridized carbons (Fsp3) is 0.333. The van der Waals surface area contributed by atoms with E-state index in [1.807, 2.05) is 0 Å². The lowest BCUT2D eigenvalue weighted by Crippen LogP contribution is -2.26. The number of carbonyl (C=O) groups excluding carboxylic acids is 1. The van der Waals surface area contributed by atoms with Gasteiger partial charge in [0.2, 0.25) is 0 Å². The minimum atomic E-state index is -4.63. The Bertz CT molecular complexity index is 418. The number of amides is 1. The Kier molecular flexibility index (Phi) is 3.42. The average Bonchev–Trinajstić information content (AvgIpc) is 2.14. The summed E-state index contributed by atoms with van der Waals surface area (Å²) in [5, 5.41) is -0.154. The lowest BCUT2D eigenvalue weighted by Gasteiger charge is -2.14. The van der Waals surface area contributed by atoms with Crippen molar-refractivity contribution in [1.82, 2.24) is 9.88 Å². The summed E-state index contributed by atoms with van der Waals surface area (Å²) >= 11 is 5.47. The highest BCUT2D eigenvalue weighted by molar-refractivity contribution is 6.29. The highest BCUT2D eigenvalue weighted by Crippen LogP contribution is 2.32. The number of aromatic nitrogens is 1. The van der Waals surface area contributed by atoms with E-state index in [-0.39, 0.29) is 5.15 Å². The maximum Gasteiger partial charge on any atom is 0.418 e. The van der Waals surface area contributed by atoms with Crippen LogP contribution in [0, 0.1) is 0 Å². The van der Waals surface area contributed by atoms with E-state index in [2.05, 4.69) is 4.98 Å². The second-order valence-electron chi connectivity index (χ2n) is 3.23. The first-order valence-electron chi connectivity index (χ1n) is 4.19. The summed E-state index contributed by atoms with van der Waals surface area (Å²) in [5.41, 5.74) is -1.78. The minimum absolute atomic E-state index is 0.154. The van der Waals surface area contributed by atoms with Crippen LogP contribution in [0.15, 0.2) is 12.1 Å². The molecular weight excluding hydrogens is 245 g/mol. The number of carbonyl (C=O) groups is 1. The van der Waals surface area contributed by atoms with Gasteiger partial charge in [0.25, 0.3) is 5.91 Å². The summed E-state index contributed by atoms with van der Waals surface area (Å²) < 4.78 is 37.7. The maximum absolute atomic E-state index is 12.6. The molecule has 16 heavy (non-hydrogen) atoms. The van der Waals surface area contributed by atoms with Crippen molar-refractivity contribution in [3.05, 3.63) is 28.5 Å². The SMILES string of the molecule is CN(C)C(=O)c1nc(Cl)ccc1C(F)(F)F. The summed E-state index contributed by atoms with van der Waals surface area (Å²) in [6, 6.07) is 1.74. The third-order valence-electron chi connectivity index (χ3n) is 1.78. The molecule has 0 aliphatic carbocycles. The number of pyridine rings is 1. The van der Waals surface area contributed by atoms with Gasteiger partial charge in [-0.2, -0.15) is 13.2 Å². The molecule has 3 nitrogen and oxygen atoms in total. The standard InChI is InChI=1S/C9H8ClF3N2O/c1-15(2)8(16)7-5(9(11,12)13)3-4-6(10)14-7/h3-4H,1-2H3. The van der Waals surface area contributed by atoms with Crippen LogP contribution in [0.4, 0.5) is 13.2 Å². The van der Waals surface area contributed by atoms with Gasteiger partial charge < -0.3 is 4.90 Å². The molecule has 0 aliphatic rings. The number of alkyl halides is 3. The lowest BCUT2D eigenvalue weighted by atomic mass is 10.1. The maximum atomic E-state index is 12.6. The minimum Gasteiger partial charge on any atom is -0.343 e. The van der Waals surface area contributed by atoms with Gasteiger partial charge in [-0.25, -0.2) is 4.98 Å². The van der Waals surface area contributed by atoms with Crippen LogP contribution >= 0.6 is 11.6 Å². The van der Waals surface area contributed by atoms with Crippen LogP contribution in [0.2, 0.25) is 5.15 Å². The topological polar surface area (TPSA) is 33.2 Å². The van der Waals surface area contributed by atoms with E-state index in [1.165, 1.54) is 14.1 Å². The van der Waals surface area contributed by atoms with Crippen molar-refractivity contribution in [3.63, 3.8) is 0 Å². The van der Waals surface area contributed by atoms with E-state index >= 15 is 0 Å². The number of rotatable bonds is 1. The lowest BCUT2D eigenvalue weighted by molar-refractivity contribution is -0.138. The normalized spacial score (nSPS) is 11.4. The zero-order valence-electron chi connectivity index (χ0n) is 8.47. The Hall–Kier alpha value is -1.30. The summed E-state index contributed by atoms with van der Waals surface area (Å²) in [7, 11) is 2.68. The van der Waals surface area contributed by atoms with E-state index < -0.39 is 23.3 Å². The smallest absolute Gasteiger partial charge is 0.343 e. The molecule has 1 rings (SSSR count). The van der Waals surface area contributed by atoms with Crippen LogP contribution in [-0.2, 0) is 6.18 Å². The summed E-state index contributed by atoms with van der Waals surface area (Å²) in [5.74, 6) is -0.838. The Morgan fingerprint density at radius 1 is 1.38 bits per heavy atom. The van der Waals surface area contributed by atoms with E-state index in [9.17, 15) is 18.0 Å². The fourth-order valence-electron chi connectivity index (χ4n) is 1.04. The van der Waals surface area contributed by atoms with Crippen molar-refractivity contribution in [3.8, 4) is 0 Å². The highest BCUT2D eigenvalue weighted by atomic mass is 35.5. The van der Waals surface area contributed by atoms with Crippen molar-refractivity contribution in [2.45, 2.75) is 6.18 Å². The monoisotopic (exact) mass is 252 g/mol. The van der Waals surface area contributed by atoms with E-state index in [1.54, 1.807) is 0 Å². The molecule has 7 heteroatoms. The van der Waals surface area contributed by atoms with Gasteiger partial charge in [-0.3, -0.25) is 4.79 Å². The van der Waals surface area contributed by atoms with Gasteiger partial charge in [-0.05, 0) is 12.1 Å². The van der Waals surface area contributed by atoms with E-state index in [0.29, 0.717) is 0 Å². The second-order valence-corrected chi connectivity index (χ2v) is 3.61. The summed E-state index contributed by atoms with van der Waals surface area (Å²) in [6.45, 7) is 0. The van der Waals surface area contributed by atoms with Gasteiger partial charge in [0, 0.05) is 14.1 Å². The Labute approximate surface area is 94.8 Å². The van der Waals surface area contributed by atoms with Crippen LogP contribution in [0.5, 0.6) is 0 Å². The fourth-order valence-corrected chi connectivity index (χ4v) is 1.19. The van der Waals surface area contributed by atoms with Crippen molar-refractivity contribution >= 4 is 17.5 Å². The van der Waals surface area contributed by atoms with Gasteiger partial charge in [0.1, 0.15) is 10.8 Å². The summed E-state index contributed by atoms with van der Waals surface area (Å²) in [4.78, 5) is 15.9. The molecule has 1 aromatic rings. The quantitative estimate of drug-likeness (QED) is 0.720. The van der Waals surface area contributed by atoms with Crippen LogP contribution in [0.1, 0.15) is 16.1 Å². The molecule has 0 atom stereocenters. The van der Waals surface area contributed by atoms with Gasteiger partial charge in [-0.1, -0.05) is 11.6 Å². The molecule has 0 saturated heterocycles. The molecule has 0 N–H and O–H groups in total. The van der Waals surface area contributed by atoms with Crippen LogP contribution < -0.4 is 0 Å². The predicted molar refractivity (Wildman–Crippen MR) is 52.3 cm³/mol. The molecule has 0 aliphatic heterocycles. The van der Waals surface area contributed by atoms with Crippen LogP contribution in [0.25, 0.3) is 0 Å². The summed E-state index contributed by atoms with van der Waals surface area (Å²) in [6.07, 6.45) is -4.63. The molecule has 0 aromatic carbocycles. The van der Waals surface area contributed by atoms with Crippen molar-refractivity contribution < 1.29 is 18.0 Å². The zero-order valence-corrected chi connectivity index (χ0v) is 9.23. The number of nitrogens with zero attached hydrogens (tertiary/aromatic N) is 2. The van der Waals surface area contributed by atoms with Gasteiger partial charge in [0.05, 0.1) is 5.56 Å². The van der Waals surface area contributed by atoms with Crippen molar-refractivity contribution in [2.24, 2.45) is 0 Å². The Morgan fingerprint density at radius 2 is 1.94 bits per heavy atom. The number of hydrogen-bond acceptors (Lipinski definition) is 2.